The summed E-state index contributed by atoms with van der Waals surface area (Å²) < 4.78 is 129. The molecule has 0 atom stereocenters. The van der Waals surface area contributed by atoms with Crippen molar-refractivity contribution in [3.63, 3.8) is 0 Å². The van der Waals surface area contributed by atoms with Gasteiger partial charge in [0.15, 0.2) is 11.5 Å². The summed E-state index contributed by atoms with van der Waals surface area (Å²) >= 11 is -3.69. The predicted molar refractivity (Wildman–Crippen MR) is 39.9 cm³/mol. The summed E-state index contributed by atoms with van der Waals surface area (Å²) in [4.78, 5) is 0. The first-order chi connectivity index (χ1) is 7.60. The number of hydrogen-bond donors (Lipinski definition) is 0. The molecule has 0 radical (unpaired) electrons. The highest BCUT2D eigenvalue weighted by Crippen LogP contribution is 2.40. The first-order valence-electron chi connectivity index (χ1n) is 3.84. The molecule has 18 heavy (non-hydrogen) atoms. The van der Waals surface area contributed by atoms with Gasteiger partial charge in [-0.1, -0.05) is 0 Å². The zero-order chi connectivity index (χ0) is 15.0. The van der Waals surface area contributed by atoms with Crippen LogP contribution in [0, 0.1) is 0 Å². The predicted octanol–water partition coefficient (Wildman–Crippen LogP) is 3.13. The Kier molecular flexibility index (Phi) is 4.84. The van der Waals surface area contributed by atoms with Gasteiger partial charge in [-0.25, -0.2) is 0 Å². The van der Waals surface area contributed by atoms with Crippen molar-refractivity contribution in [2.75, 3.05) is 11.5 Å². The van der Waals surface area contributed by atoms with Gasteiger partial charge in [-0.05, 0) is 11.2 Å². The molecule has 0 amide bonds. The molecule has 0 aromatic rings. The standard InChI is InChI=1S/C6H4F10OS/c7-3(8,5(11,12)13)1-18(17)2-4(9,10)6(14,15)16/h1-2H2. The van der Waals surface area contributed by atoms with E-state index in [4.69, 9.17) is 0 Å². The number of halogens is 10. The Morgan fingerprint density at radius 2 is 0.833 bits per heavy atom. The van der Waals surface area contributed by atoms with E-state index in [1.165, 1.54) is 0 Å². The van der Waals surface area contributed by atoms with Crippen LogP contribution >= 0.6 is 0 Å². The number of hydrogen-bond acceptors (Lipinski definition) is 1. The SMILES string of the molecule is [O-][S+](CC(F)(F)C(F)(F)F)CC(F)(F)C(F)(F)F. The van der Waals surface area contributed by atoms with Crippen molar-refractivity contribution in [1.29, 1.82) is 0 Å². The average molecular weight is 314 g/mol. The topological polar surface area (TPSA) is 23.1 Å². The molecule has 0 aliphatic rings. The molecular formula is C6H4F10OS. The van der Waals surface area contributed by atoms with Crippen molar-refractivity contribution >= 4 is 11.2 Å². The Balaban J connectivity index is 4.69. The second-order valence-electron chi connectivity index (χ2n) is 3.13. The molecule has 0 aromatic carbocycles. The van der Waals surface area contributed by atoms with E-state index in [0.29, 0.717) is 0 Å². The summed E-state index contributed by atoms with van der Waals surface area (Å²) in [6, 6.07) is 0. The highest BCUT2D eigenvalue weighted by atomic mass is 32.2. The highest BCUT2D eigenvalue weighted by molar-refractivity contribution is 7.91. The zero-order valence-corrected chi connectivity index (χ0v) is 8.83. The van der Waals surface area contributed by atoms with Gasteiger partial charge in [-0.15, -0.1) is 0 Å². The molecule has 0 aliphatic carbocycles. The van der Waals surface area contributed by atoms with Crippen molar-refractivity contribution in [3.05, 3.63) is 0 Å². The van der Waals surface area contributed by atoms with E-state index in [-0.39, 0.29) is 0 Å². The van der Waals surface area contributed by atoms with E-state index < -0.39 is 46.9 Å². The Bertz CT molecular complexity index is 253. The van der Waals surface area contributed by atoms with Crippen LogP contribution in [0.4, 0.5) is 43.9 Å². The summed E-state index contributed by atoms with van der Waals surface area (Å²) in [7, 11) is 0. The van der Waals surface area contributed by atoms with Crippen molar-refractivity contribution in [3.8, 4) is 0 Å². The Morgan fingerprint density at radius 3 is 1.00 bits per heavy atom. The van der Waals surface area contributed by atoms with Gasteiger partial charge in [0.2, 0.25) is 0 Å². The minimum absolute atomic E-state index is 2.65. The molecule has 0 rings (SSSR count). The maximum absolute atomic E-state index is 12.2. The molecule has 0 N–H and O–H groups in total. The van der Waals surface area contributed by atoms with Crippen molar-refractivity contribution < 1.29 is 48.5 Å². The molecule has 0 aliphatic heterocycles. The van der Waals surface area contributed by atoms with Crippen LogP contribution in [0.15, 0.2) is 0 Å². The lowest BCUT2D eigenvalue weighted by atomic mass is 10.4. The van der Waals surface area contributed by atoms with Crippen molar-refractivity contribution in [2.24, 2.45) is 0 Å². The van der Waals surface area contributed by atoms with Gasteiger partial charge in [-0.3, -0.25) is 0 Å². The van der Waals surface area contributed by atoms with E-state index in [1.54, 1.807) is 0 Å². The third-order valence-corrected chi connectivity index (χ3v) is 2.88. The van der Waals surface area contributed by atoms with Crippen LogP contribution in [-0.4, -0.2) is 40.3 Å². The Morgan fingerprint density at radius 1 is 0.611 bits per heavy atom. The maximum Gasteiger partial charge on any atom is 0.458 e. The van der Waals surface area contributed by atoms with E-state index in [9.17, 15) is 48.5 Å². The quantitative estimate of drug-likeness (QED) is 0.577. The van der Waals surface area contributed by atoms with E-state index in [1.807, 2.05) is 0 Å². The van der Waals surface area contributed by atoms with Gasteiger partial charge < -0.3 is 4.55 Å². The van der Waals surface area contributed by atoms with Crippen LogP contribution in [0.3, 0.4) is 0 Å². The smallest absolute Gasteiger partial charge is 0.458 e. The molecule has 0 saturated carbocycles. The minimum Gasteiger partial charge on any atom is -0.616 e. The van der Waals surface area contributed by atoms with Crippen LogP contribution in [0.2, 0.25) is 0 Å². The maximum atomic E-state index is 12.2. The van der Waals surface area contributed by atoms with Gasteiger partial charge in [0.25, 0.3) is 0 Å². The molecule has 0 saturated heterocycles. The Labute approximate surface area is 96.3 Å². The second-order valence-corrected chi connectivity index (χ2v) is 4.59. The van der Waals surface area contributed by atoms with Crippen LogP contribution in [0.5, 0.6) is 0 Å². The van der Waals surface area contributed by atoms with Gasteiger partial charge in [-0.2, -0.15) is 43.9 Å². The fourth-order valence-corrected chi connectivity index (χ4v) is 1.86. The number of rotatable bonds is 4. The molecule has 110 valence electrons. The first kappa shape index (κ1) is 17.6. The molecule has 0 fully saturated rings. The minimum atomic E-state index is -6.17. The zero-order valence-electron chi connectivity index (χ0n) is 8.01. The molecule has 0 heterocycles. The lowest BCUT2D eigenvalue weighted by molar-refractivity contribution is -0.274. The third kappa shape index (κ3) is 4.37. The van der Waals surface area contributed by atoms with E-state index >= 15 is 0 Å². The average Bonchev–Trinajstić information content (AvgIpc) is 1.95. The van der Waals surface area contributed by atoms with Gasteiger partial charge in [0.1, 0.15) is 0 Å². The van der Waals surface area contributed by atoms with E-state index in [0.717, 1.165) is 0 Å². The fourth-order valence-electron chi connectivity index (χ4n) is 0.619. The first-order valence-corrected chi connectivity index (χ1v) is 5.33. The van der Waals surface area contributed by atoms with Crippen LogP contribution in [0.1, 0.15) is 0 Å². The Hall–Kier alpha value is -0.390. The summed E-state index contributed by atoms with van der Waals surface area (Å²) in [5.74, 6) is -16.5. The largest absolute Gasteiger partial charge is 0.616 e. The van der Waals surface area contributed by atoms with Gasteiger partial charge >= 0.3 is 24.2 Å². The van der Waals surface area contributed by atoms with Crippen molar-refractivity contribution in [1.82, 2.24) is 0 Å². The molecule has 12 heteroatoms. The van der Waals surface area contributed by atoms with Gasteiger partial charge in [0, 0.05) is 0 Å². The van der Waals surface area contributed by atoms with Crippen LogP contribution in [-0.2, 0) is 11.2 Å². The summed E-state index contributed by atoms with van der Waals surface area (Å²) in [6.45, 7) is 0. The van der Waals surface area contributed by atoms with E-state index in [2.05, 4.69) is 0 Å². The van der Waals surface area contributed by atoms with Crippen LogP contribution in [0.25, 0.3) is 0 Å². The van der Waals surface area contributed by atoms with Crippen molar-refractivity contribution in [2.45, 2.75) is 24.2 Å². The fraction of sp³-hybridized carbons (Fsp3) is 1.00. The monoisotopic (exact) mass is 314 g/mol. The molecule has 1 nitrogen and oxygen atoms in total. The summed E-state index contributed by atoms with van der Waals surface area (Å²) in [5.41, 5.74) is 0. The molecular weight excluding hydrogens is 310 g/mol. The van der Waals surface area contributed by atoms with Crippen LogP contribution < -0.4 is 0 Å². The summed E-state index contributed by atoms with van der Waals surface area (Å²) in [5, 5.41) is 0. The molecule has 0 unspecified atom stereocenters. The normalized spacial score (nSPS) is 15.3. The second kappa shape index (κ2) is 4.94. The third-order valence-electron chi connectivity index (χ3n) is 1.51. The molecule has 0 bridgehead atoms. The summed E-state index contributed by atoms with van der Waals surface area (Å²) in [6.07, 6.45) is -12.3. The van der Waals surface area contributed by atoms with Gasteiger partial charge in [0.05, 0.1) is 0 Å². The number of alkyl halides is 10. The molecule has 0 aromatic heterocycles. The molecule has 0 spiro atoms. The highest BCUT2D eigenvalue weighted by Gasteiger charge is 2.64. The lowest BCUT2D eigenvalue weighted by Crippen LogP contribution is -2.48. The lowest BCUT2D eigenvalue weighted by Gasteiger charge is -2.24.